The Morgan fingerprint density at radius 2 is 1.94 bits per heavy atom. The molecule has 96 valence electrons. The first-order valence-corrected chi connectivity index (χ1v) is 5.97. The molecule has 0 amide bonds. The number of tetrazole rings is 1. The van der Waals surface area contributed by atoms with Gasteiger partial charge in [-0.2, -0.15) is 0 Å². The van der Waals surface area contributed by atoms with Gasteiger partial charge >= 0.3 is 0 Å². The van der Waals surface area contributed by atoms with E-state index in [0.29, 0.717) is 12.5 Å². The first kappa shape index (κ1) is 12.3. The maximum absolute atomic E-state index is 3.93. The molecule has 1 N–H and O–H groups in total. The van der Waals surface area contributed by atoms with E-state index in [-0.39, 0.29) is 0 Å². The Kier molecular flexibility index (Phi) is 3.76. The van der Waals surface area contributed by atoms with Crippen LogP contribution in [0.15, 0.2) is 24.3 Å². The van der Waals surface area contributed by atoms with Gasteiger partial charge in [0.15, 0.2) is 0 Å². The second kappa shape index (κ2) is 5.48. The van der Waals surface area contributed by atoms with Crippen molar-refractivity contribution in [2.75, 3.05) is 24.3 Å². The van der Waals surface area contributed by atoms with Crippen molar-refractivity contribution < 1.29 is 0 Å². The highest BCUT2D eigenvalue weighted by atomic mass is 15.6. The van der Waals surface area contributed by atoms with Crippen LogP contribution in [0, 0.1) is 0 Å². The molecule has 6 nitrogen and oxygen atoms in total. The van der Waals surface area contributed by atoms with Gasteiger partial charge in [0.25, 0.3) is 0 Å². The lowest BCUT2D eigenvalue weighted by atomic mass is 10.2. The summed E-state index contributed by atoms with van der Waals surface area (Å²) in [5.74, 6) is 0.703. The molecule has 2 aromatic rings. The number of nitrogens with one attached hydrogen (secondary N) is 1. The molecule has 0 bridgehead atoms. The van der Waals surface area contributed by atoms with Crippen LogP contribution >= 0.6 is 0 Å². The van der Waals surface area contributed by atoms with Crippen LogP contribution in [0.4, 0.5) is 11.6 Å². The molecule has 0 saturated heterocycles. The van der Waals surface area contributed by atoms with Crippen LogP contribution in [0.1, 0.15) is 12.5 Å². The van der Waals surface area contributed by atoms with Crippen molar-refractivity contribution in [3.63, 3.8) is 0 Å². The van der Waals surface area contributed by atoms with E-state index in [4.69, 9.17) is 0 Å². The number of rotatable bonds is 5. The van der Waals surface area contributed by atoms with Gasteiger partial charge in [0, 0.05) is 32.9 Å². The number of hydrogen-bond donors (Lipinski definition) is 1. The van der Waals surface area contributed by atoms with E-state index in [1.165, 1.54) is 11.3 Å². The smallest absolute Gasteiger partial charge is 0.243 e. The summed E-state index contributed by atoms with van der Waals surface area (Å²) in [7, 11) is 4.06. The predicted molar refractivity (Wildman–Crippen MR) is 71.6 cm³/mol. The average molecular weight is 246 g/mol. The molecular formula is C12H18N6. The summed E-state index contributed by atoms with van der Waals surface area (Å²) in [6.07, 6.45) is 0. The zero-order chi connectivity index (χ0) is 13.0. The van der Waals surface area contributed by atoms with Crippen molar-refractivity contribution in [2.24, 2.45) is 0 Å². The minimum Gasteiger partial charge on any atom is -0.378 e. The van der Waals surface area contributed by atoms with Gasteiger partial charge in [0.1, 0.15) is 0 Å². The fraction of sp³-hybridized carbons (Fsp3) is 0.417. The molecule has 0 aliphatic carbocycles. The molecule has 0 fully saturated rings. The maximum atomic E-state index is 3.93. The first-order valence-electron chi connectivity index (χ1n) is 5.97. The summed E-state index contributed by atoms with van der Waals surface area (Å²) in [6.45, 7) is 3.48. The topological polar surface area (TPSA) is 58.9 Å². The van der Waals surface area contributed by atoms with Crippen LogP contribution in [0.3, 0.4) is 0 Å². The van der Waals surface area contributed by atoms with Crippen molar-refractivity contribution in [1.82, 2.24) is 20.2 Å². The second-order valence-corrected chi connectivity index (χ2v) is 4.23. The molecule has 0 unspecified atom stereocenters. The molecule has 0 saturated carbocycles. The fourth-order valence-electron chi connectivity index (χ4n) is 1.64. The van der Waals surface area contributed by atoms with E-state index < -0.39 is 0 Å². The standard InChI is InChI=1S/C12H18N6/c1-4-18-12(14-15-16-18)13-9-10-5-7-11(8-6-10)17(2)3/h5-8H,4,9H2,1-3H3,(H,13,14,16). The molecule has 0 atom stereocenters. The minimum absolute atomic E-state index is 0.703. The van der Waals surface area contributed by atoms with Gasteiger partial charge in [-0.05, 0) is 35.0 Å². The predicted octanol–water partition coefficient (Wildman–Crippen LogP) is 1.37. The van der Waals surface area contributed by atoms with E-state index in [0.717, 1.165) is 6.54 Å². The number of aromatic nitrogens is 4. The lowest BCUT2D eigenvalue weighted by Gasteiger charge is -2.12. The molecule has 0 spiro atoms. The van der Waals surface area contributed by atoms with Crippen molar-refractivity contribution >= 4 is 11.6 Å². The van der Waals surface area contributed by atoms with Gasteiger partial charge in [-0.1, -0.05) is 17.2 Å². The number of aryl methyl sites for hydroxylation is 1. The maximum Gasteiger partial charge on any atom is 0.243 e. The Morgan fingerprint density at radius 1 is 1.22 bits per heavy atom. The SMILES string of the molecule is CCn1nnnc1NCc1ccc(N(C)C)cc1. The molecule has 6 heteroatoms. The Bertz CT molecular complexity index is 488. The van der Waals surface area contributed by atoms with E-state index >= 15 is 0 Å². The summed E-state index contributed by atoms with van der Waals surface area (Å²) in [5.41, 5.74) is 2.39. The molecule has 0 radical (unpaired) electrons. The summed E-state index contributed by atoms with van der Waals surface area (Å²) in [4.78, 5) is 2.08. The van der Waals surface area contributed by atoms with Crippen LogP contribution in [0.2, 0.25) is 0 Å². The van der Waals surface area contributed by atoms with E-state index in [1.54, 1.807) is 4.68 Å². The van der Waals surface area contributed by atoms with Crippen LogP contribution in [0.5, 0.6) is 0 Å². The molecule has 2 rings (SSSR count). The van der Waals surface area contributed by atoms with Crippen molar-refractivity contribution in [1.29, 1.82) is 0 Å². The lowest BCUT2D eigenvalue weighted by molar-refractivity contribution is 0.629. The minimum atomic E-state index is 0.703. The zero-order valence-electron chi connectivity index (χ0n) is 11.0. The largest absolute Gasteiger partial charge is 0.378 e. The molecular weight excluding hydrogens is 228 g/mol. The molecule has 0 aliphatic heterocycles. The highest BCUT2D eigenvalue weighted by Crippen LogP contribution is 2.13. The molecule has 18 heavy (non-hydrogen) atoms. The average Bonchev–Trinajstić information content (AvgIpc) is 2.84. The number of anilines is 2. The third kappa shape index (κ3) is 2.77. The molecule has 1 heterocycles. The van der Waals surface area contributed by atoms with E-state index in [2.05, 4.69) is 50.0 Å². The van der Waals surface area contributed by atoms with Gasteiger partial charge in [0.2, 0.25) is 5.95 Å². The van der Waals surface area contributed by atoms with Crippen molar-refractivity contribution in [3.8, 4) is 0 Å². The number of hydrogen-bond acceptors (Lipinski definition) is 5. The van der Waals surface area contributed by atoms with Crippen LogP contribution in [-0.2, 0) is 13.1 Å². The lowest BCUT2D eigenvalue weighted by Crippen LogP contribution is -2.09. The van der Waals surface area contributed by atoms with Crippen LogP contribution < -0.4 is 10.2 Å². The Balaban J connectivity index is 1.98. The van der Waals surface area contributed by atoms with Gasteiger partial charge in [-0.3, -0.25) is 0 Å². The highest BCUT2D eigenvalue weighted by molar-refractivity contribution is 5.46. The van der Waals surface area contributed by atoms with E-state index in [9.17, 15) is 0 Å². The first-order chi connectivity index (χ1) is 8.70. The quantitative estimate of drug-likeness (QED) is 0.863. The van der Waals surface area contributed by atoms with Crippen LogP contribution in [-0.4, -0.2) is 34.3 Å². The summed E-state index contributed by atoms with van der Waals surface area (Å²) >= 11 is 0. The van der Waals surface area contributed by atoms with Crippen LogP contribution in [0.25, 0.3) is 0 Å². The number of nitrogens with zero attached hydrogens (tertiary/aromatic N) is 5. The molecule has 1 aromatic carbocycles. The third-order valence-electron chi connectivity index (χ3n) is 2.73. The summed E-state index contributed by atoms with van der Waals surface area (Å²) < 4.78 is 1.73. The zero-order valence-corrected chi connectivity index (χ0v) is 11.0. The summed E-state index contributed by atoms with van der Waals surface area (Å²) in [6, 6.07) is 8.39. The third-order valence-corrected chi connectivity index (χ3v) is 2.73. The fourth-order valence-corrected chi connectivity index (χ4v) is 1.64. The Labute approximate surface area is 107 Å². The van der Waals surface area contributed by atoms with Gasteiger partial charge in [-0.15, -0.1) is 0 Å². The summed E-state index contributed by atoms with van der Waals surface area (Å²) in [5, 5.41) is 14.7. The highest BCUT2D eigenvalue weighted by Gasteiger charge is 2.03. The Morgan fingerprint density at radius 3 is 2.56 bits per heavy atom. The monoisotopic (exact) mass is 246 g/mol. The Hall–Kier alpha value is -2.11. The van der Waals surface area contributed by atoms with Gasteiger partial charge in [0.05, 0.1) is 0 Å². The van der Waals surface area contributed by atoms with E-state index in [1.807, 2.05) is 21.0 Å². The van der Waals surface area contributed by atoms with Gasteiger partial charge in [-0.25, -0.2) is 4.68 Å². The molecule has 1 aromatic heterocycles. The van der Waals surface area contributed by atoms with Gasteiger partial charge < -0.3 is 10.2 Å². The normalized spacial score (nSPS) is 10.4. The van der Waals surface area contributed by atoms with Crippen molar-refractivity contribution in [3.05, 3.63) is 29.8 Å². The number of benzene rings is 1. The van der Waals surface area contributed by atoms with Crippen molar-refractivity contribution in [2.45, 2.75) is 20.0 Å². The second-order valence-electron chi connectivity index (χ2n) is 4.23. The molecule has 0 aliphatic rings.